The van der Waals surface area contributed by atoms with Gasteiger partial charge in [-0.25, -0.2) is 0 Å². The molecule has 0 radical (unpaired) electrons. The Hall–Kier alpha value is -0.570. The Kier molecular flexibility index (Phi) is 4.31. The van der Waals surface area contributed by atoms with Gasteiger partial charge in [-0.15, -0.1) is 0 Å². The highest BCUT2D eigenvalue weighted by atomic mass is 16.3. The van der Waals surface area contributed by atoms with E-state index in [0.29, 0.717) is 18.9 Å². The van der Waals surface area contributed by atoms with Gasteiger partial charge in [-0.1, -0.05) is 33.1 Å². The van der Waals surface area contributed by atoms with Crippen molar-refractivity contribution in [3.63, 3.8) is 0 Å². The summed E-state index contributed by atoms with van der Waals surface area (Å²) in [6.07, 6.45) is 7.57. The zero-order valence-electron chi connectivity index (χ0n) is 11.8. The summed E-state index contributed by atoms with van der Waals surface area (Å²) < 4.78 is 0. The summed E-state index contributed by atoms with van der Waals surface area (Å²) in [7, 11) is 0. The monoisotopic (exact) mass is 253 g/mol. The van der Waals surface area contributed by atoms with E-state index in [-0.39, 0.29) is 17.4 Å². The molecule has 18 heavy (non-hydrogen) atoms. The summed E-state index contributed by atoms with van der Waals surface area (Å²) in [5.74, 6) is 0.856. The van der Waals surface area contributed by atoms with E-state index in [1.807, 2.05) is 4.90 Å². The minimum atomic E-state index is -0.374. The SMILES string of the molecule is CC1(C)CCN(C(=O)CC2CCCCC2)CC1O. The predicted octanol–water partition coefficient (Wildman–Crippen LogP) is 2.58. The molecule has 1 saturated carbocycles. The number of carbonyl (C=O) groups is 1. The molecule has 2 fully saturated rings. The molecule has 1 unspecified atom stereocenters. The lowest BCUT2D eigenvalue weighted by Gasteiger charge is -2.41. The second kappa shape index (κ2) is 5.60. The zero-order valence-corrected chi connectivity index (χ0v) is 11.8. The number of likely N-dealkylation sites (tertiary alicyclic amines) is 1. The Morgan fingerprint density at radius 1 is 1.28 bits per heavy atom. The molecule has 1 N–H and O–H groups in total. The maximum atomic E-state index is 12.2. The maximum Gasteiger partial charge on any atom is 0.222 e. The van der Waals surface area contributed by atoms with E-state index in [1.54, 1.807) is 0 Å². The van der Waals surface area contributed by atoms with E-state index in [4.69, 9.17) is 0 Å². The first-order valence-electron chi connectivity index (χ1n) is 7.45. The molecule has 104 valence electrons. The van der Waals surface area contributed by atoms with Crippen molar-refractivity contribution in [3.8, 4) is 0 Å². The maximum absolute atomic E-state index is 12.2. The third-order valence-electron chi connectivity index (χ3n) is 4.86. The van der Waals surface area contributed by atoms with E-state index < -0.39 is 0 Å². The Morgan fingerprint density at radius 2 is 1.94 bits per heavy atom. The summed E-state index contributed by atoms with van der Waals surface area (Å²) in [4.78, 5) is 14.1. The van der Waals surface area contributed by atoms with E-state index in [1.165, 1.54) is 32.1 Å². The highest BCUT2D eigenvalue weighted by Crippen LogP contribution is 2.32. The highest BCUT2D eigenvalue weighted by Gasteiger charge is 2.36. The van der Waals surface area contributed by atoms with Crippen molar-refractivity contribution in [2.24, 2.45) is 11.3 Å². The number of hydrogen-bond acceptors (Lipinski definition) is 2. The summed E-state index contributed by atoms with van der Waals surface area (Å²) >= 11 is 0. The quantitative estimate of drug-likeness (QED) is 0.821. The van der Waals surface area contributed by atoms with Crippen molar-refractivity contribution in [1.82, 2.24) is 4.90 Å². The molecule has 0 bridgehead atoms. The lowest BCUT2D eigenvalue weighted by molar-refractivity contribution is -0.139. The minimum Gasteiger partial charge on any atom is -0.391 e. The molecular formula is C15H27NO2. The summed E-state index contributed by atoms with van der Waals surface area (Å²) in [6, 6.07) is 0. The summed E-state index contributed by atoms with van der Waals surface area (Å²) in [5.41, 5.74) is -0.0401. The van der Waals surface area contributed by atoms with Crippen LogP contribution in [0.1, 0.15) is 58.8 Å². The number of nitrogens with zero attached hydrogens (tertiary/aromatic N) is 1. The fraction of sp³-hybridized carbons (Fsp3) is 0.933. The van der Waals surface area contributed by atoms with Crippen LogP contribution in [0.5, 0.6) is 0 Å². The smallest absolute Gasteiger partial charge is 0.222 e. The Morgan fingerprint density at radius 3 is 2.56 bits per heavy atom. The van der Waals surface area contributed by atoms with Gasteiger partial charge in [-0.3, -0.25) is 4.79 Å². The van der Waals surface area contributed by atoms with Crippen LogP contribution < -0.4 is 0 Å². The van der Waals surface area contributed by atoms with Crippen molar-refractivity contribution in [1.29, 1.82) is 0 Å². The lowest BCUT2D eigenvalue weighted by Crippen LogP contribution is -2.50. The second-order valence-electron chi connectivity index (χ2n) is 6.80. The first kappa shape index (κ1) is 13.9. The molecule has 0 aromatic rings. The fourth-order valence-electron chi connectivity index (χ4n) is 3.13. The van der Waals surface area contributed by atoms with Gasteiger partial charge in [0.2, 0.25) is 5.91 Å². The predicted molar refractivity (Wildman–Crippen MR) is 72.2 cm³/mol. The fourth-order valence-corrected chi connectivity index (χ4v) is 3.13. The number of amides is 1. The van der Waals surface area contributed by atoms with Gasteiger partial charge < -0.3 is 10.0 Å². The molecule has 0 spiro atoms. The molecule has 1 amide bonds. The Balaban J connectivity index is 1.82. The number of β-amino-alcohol motifs (C(OH)–C–C–N with tert-alkyl or cyclic N) is 1. The van der Waals surface area contributed by atoms with E-state index >= 15 is 0 Å². The first-order valence-corrected chi connectivity index (χ1v) is 7.45. The van der Waals surface area contributed by atoms with E-state index in [2.05, 4.69) is 13.8 Å². The van der Waals surface area contributed by atoms with Gasteiger partial charge in [-0.05, 0) is 30.6 Å². The van der Waals surface area contributed by atoms with Crippen LogP contribution in [-0.2, 0) is 4.79 Å². The zero-order chi connectivity index (χ0) is 13.2. The number of aliphatic hydroxyl groups is 1. The van der Waals surface area contributed by atoms with Gasteiger partial charge in [0.25, 0.3) is 0 Å². The number of carbonyl (C=O) groups excluding carboxylic acids is 1. The molecule has 0 aromatic carbocycles. The molecule has 3 heteroatoms. The van der Waals surface area contributed by atoms with Gasteiger partial charge in [0.1, 0.15) is 0 Å². The largest absolute Gasteiger partial charge is 0.391 e. The average Bonchev–Trinajstić information content (AvgIpc) is 2.34. The third-order valence-corrected chi connectivity index (χ3v) is 4.86. The second-order valence-corrected chi connectivity index (χ2v) is 6.80. The van der Waals surface area contributed by atoms with Gasteiger partial charge in [0, 0.05) is 19.5 Å². The average molecular weight is 253 g/mol. The number of aliphatic hydroxyl groups excluding tert-OH is 1. The molecule has 1 atom stereocenters. The third kappa shape index (κ3) is 3.25. The van der Waals surface area contributed by atoms with Crippen LogP contribution in [0, 0.1) is 11.3 Å². The molecular weight excluding hydrogens is 226 g/mol. The number of hydrogen-bond donors (Lipinski definition) is 1. The van der Waals surface area contributed by atoms with Crippen molar-refractivity contribution in [2.45, 2.75) is 64.9 Å². The van der Waals surface area contributed by atoms with E-state index in [9.17, 15) is 9.90 Å². The van der Waals surface area contributed by atoms with Gasteiger partial charge in [0.05, 0.1) is 6.10 Å². The molecule has 1 heterocycles. The molecule has 1 saturated heterocycles. The number of rotatable bonds is 2. The first-order chi connectivity index (χ1) is 8.49. The van der Waals surface area contributed by atoms with Crippen LogP contribution in [0.25, 0.3) is 0 Å². The van der Waals surface area contributed by atoms with Gasteiger partial charge in [0.15, 0.2) is 0 Å². The molecule has 1 aliphatic carbocycles. The van der Waals surface area contributed by atoms with Crippen LogP contribution in [0.4, 0.5) is 0 Å². The topological polar surface area (TPSA) is 40.5 Å². The molecule has 3 nitrogen and oxygen atoms in total. The van der Waals surface area contributed by atoms with Crippen LogP contribution in [0.3, 0.4) is 0 Å². The van der Waals surface area contributed by atoms with Crippen molar-refractivity contribution in [3.05, 3.63) is 0 Å². The molecule has 2 aliphatic rings. The van der Waals surface area contributed by atoms with Crippen molar-refractivity contribution < 1.29 is 9.90 Å². The van der Waals surface area contributed by atoms with Crippen LogP contribution >= 0.6 is 0 Å². The normalized spacial score (nSPS) is 29.3. The molecule has 2 rings (SSSR count). The van der Waals surface area contributed by atoms with Gasteiger partial charge >= 0.3 is 0 Å². The van der Waals surface area contributed by atoms with Crippen molar-refractivity contribution >= 4 is 5.91 Å². The Bertz CT molecular complexity index is 295. The van der Waals surface area contributed by atoms with Gasteiger partial charge in [-0.2, -0.15) is 0 Å². The summed E-state index contributed by atoms with van der Waals surface area (Å²) in [5, 5.41) is 10.1. The van der Waals surface area contributed by atoms with Crippen molar-refractivity contribution in [2.75, 3.05) is 13.1 Å². The molecule has 0 aromatic heterocycles. The lowest BCUT2D eigenvalue weighted by atomic mass is 9.79. The standard InChI is InChI=1S/C15H27NO2/c1-15(2)8-9-16(11-13(15)17)14(18)10-12-6-4-3-5-7-12/h12-13,17H,3-11H2,1-2H3. The molecule has 1 aliphatic heterocycles. The van der Waals surface area contributed by atoms with Crippen LogP contribution in [0.15, 0.2) is 0 Å². The Labute approximate surface area is 111 Å². The minimum absolute atomic E-state index is 0.0401. The summed E-state index contributed by atoms with van der Waals surface area (Å²) in [6.45, 7) is 5.51. The number of piperidine rings is 1. The van der Waals surface area contributed by atoms with Crippen LogP contribution in [-0.4, -0.2) is 35.1 Å². The van der Waals surface area contributed by atoms with Crippen LogP contribution in [0.2, 0.25) is 0 Å². The highest BCUT2D eigenvalue weighted by molar-refractivity contribution is 5.76. The van der Waals surface area contributed by atoms with E-state index in [0.717, 1.165) is 13.0 Å².